The molecule has 0 radical (unpaired) electrons. The number of hydrogen-bond donors (Lipinski definition) is 2. The van der Waals surface area contributed by atoms with Crippen LogP contribution < -0.4 is 11.2 Å². The van der Waals surface area contributed by atoms with Crippen molar-refractivity contribution in [2.75, 3.05) is 27.2 Å². The molecule has 1 aromatic carbocycles. The van der Waals surface area contributed by atoms with Crippen molar-refractivity contribution in [3.63, 3.8) is 0 Å². The third-order valence-electron chi connectivity index (χ3n) is 3.08. The van der Waals surface area contributed by atoms with Gasteiger partial charge in [0.05, 0.1) is 12.2 Å². The molecule has 0 aliphatic rings. The minimum absolute atomic E-state index is 0.103. The summed E-state index contributed by atoms with van der Waals surface area (Å²) >= 11 is 0. The molecular formula is C15H17FN4O3. The SMILES string of the molecule is CN(C)CCN=Cc1c(O)n(-c2cccc(F)c2)c(=O)[nH]c1=O. The highest BCUT2D eigenvalue weighted by molar-refractivity contribution is 5.82. The lowest BCUT2D eigenvalue weighted by molar-refractivity contribution is 0.420. The number of aromatic nitrogens is 2. The Labute approximate surface area is 131 Å². The second-order valence-electron chi connectivity index (χ2n) is 5.15. The van der Waals surface area contributed by atoms with Crippen LogP contribution in [0.1, 0.15) is 5.56 Å². The molecule has 8 heteroatoms. The first-order chi connectivity index (χ1) is 10.9. The van der Waals surface area contributed by atoms with Gasteiger partial charge in [-0.2, -0.15) is 0 Å². The number of aromatic hydroxyl groups is 1. The monoisotopic (exact) mass is 320 g/mol. The van der Waals surface area contributed by atoms with Crippen LogP contribution in [0.2, 0.25) is 0 Å². The van der Waals surface area contributed by atoms with Crippen molar-refractivity contribution >= 4 is 6.21 Å². The van der Waals surface area contributed by atoms with Crippen molar-refractivity contribution in [3.8, 4) is 11.6 Å². The molecule has 0 fully saturated rings. The van der Waals surface area contributed by atoms with Gasteiger partial charge in [0.15, 0.2) is 0 Å². The maximum atomic E-state index is 13.3. The van der Waals surface area contributed by atoms with E-state index in [4.69, 9.17) is 0 Å². The zero-order chi connectivity index (χ0) is 17.0. The van der Waals surface area contributed by atoms with Gasteiger partial charge in [0.2, 0.25) is 5.88 Å². The summed E-state index contributed by atoms with van der Waals surface area (Å²) in [6.07, 6.45) is 1.20. The quantitative estimate of drug-likeness (QED) is 0.778. The lowest BCUT2D eigenvalue weighted by Crippen LogP contribution is -2.31. The molecule has 0 aliphatic carbocycles. The van der Waals surface area contributed by atoms with Crippen LogP contribution >= 0.6 is 0 Å². The van der Waals surface area contributed by atoms with Crippen molar-refractivity contribution in [2.45, 2.75) is 0 Å². The van der Waals surface area contributed by atoms with Crippen LogP contribution in [0.4, 0.5) is 4.39 Å². The third kappa shape index (κ3) is 3.92. The third-order valence-corrected chi connectivity index (χ3v) is 3.08. The summed E-state index contributed by atoms with van der Waals surface area (Å²) in [6.45, 7) is 1.09. The van der Waals surface area contributed by atoms with Crippen molar-refractivity contribution in [3.05, 3.63) is 56.5 Å². The molecule has 23 heavy (non-hydrogen) atoms. The van der Waals surface area contributed by atoms with Gasteiger partial charge in [-0.25, -0.2) is 13.8 Å². The molecule has 0 atom stereocenters. The molecule has 1 heterocycles. The molecule has 0 spiro atoms. The maximum Gasteiger partial charge on any atom is 0.335 e. The molecule has 1 aromatic heterocycles. The summed E-state index contributed by atoms with van der Waals surface area (Å²) in [4.78, 5) is 31.8. The first-order valence-corrected chi connectivity index (χ1v) is 6.89. The van der Waals surface area contributed by atoms with Gasteiger partial charge in [-0.15, -0.1) is 0 Å². The van der Waals surface area contributed by atoms with Crippen LogP contribution in [0.15, 0.2) is 38.8 Å². The molecule has 2 rings (SSSR count). The summed E-state index contributed by atoms with van der Waals surface area (Å²) in [5.41, 5.74) is -1.67. The molecule has 0 bridgehead atoms. The summed E-state index contributed by atoms with van der Waals surface area (Å²) in [5.74, 6) is -1.15. The smallest absolute Gasteiger partial charge is 0.335 e. The van der Waals surface area contributed by atoms with Crippen LogP contribution in [0.5, 0.6) is 5.88 Å². The standard InChI is InChI=1S/C15H17FN4O3/c1-19(2)7-6-17-9-12-13(21)18-15(23)20(14(12)22)11-5-3-4-10(16)8-11/h3-5,8-9,22H,6-7H2,1-2H3,(H,18,21,23). The summed E-state index contributed by atoms with van der Waals surface area (Å²) in [6, 6.07) is 5.12. The van der Waals surface area contributed by atoms with Crippen molar-refractivity contribution in [2.24, 2.45) is 4.99 Å². The number of likely N-dealkylation sites (N-methyl/N-ethyl adjacent to an activating group) is 1. The Morgan fingerprint density at radius 2 is 2.13 bits per heavy atom. The molecule has 0 saturated carbocycles. The number of nitrogens with zero attached hydrogens (tertiary/aromatic N) is 3. The summed E-state index contributed by atoms with van der Waals surface area (Å²) in [7, 11) is 3.76. The van der Waals surface area contributed by atoms with Gasteiger partial charge in [-0.3, -0.25) is 14.8 Å². The Kier molecular flexibility index (Phi) is 5.07. The minimum atomic E-state index is -0.858. The van der Waals surface area contributed by atoms with Crippen molar-refractivity contribution < 1.29 is 9.50 Å². The molecule has 0 aliphatic heterocycles. The molecule has 0 amide bonds. The topological polar surface area (TPSA) is 90.7 Å². The fourth-order valence-electron chi connectivity index (χ4n) is 1.92. The van der Waals surface area contributed by atoms with Gasteiger partial charge >= 0.3 is 5.69 Å². The van der Waals surface area contributed by atoms with E-state index in [1.807, 2.05) is 19.0 Å². The van der Waals surface area contributed by atoms with E-state index in [1.165, 1.54) is 24.4 Å². The van der Waals surface area contributed by atoms with E-state index >= 15 is 0 Å². The van der Waals surface area contributed by atoms with E-state index in [0.717, 1.165) is 10.6 Å². The largest absolute Gasteiger partial charge is 0.493 e. The second-order valence-corrected chi connectivity index (χ2v) is 5.15. The Morgan fingerprint density at radius 1 is 1.39 bits per heavy atom. The Balaban J connectivity index is 2.48. The predicted octanol–water partition coefficient (Wildman–Crippen LogP) is 0.351. The first kappa shape index (κ1) is 16.6. The molecule has 2 aromatic rings. The van der Waals surface area contributed by atoms with Gasteiger partial charge < -0.3 is 10.0 Å². The highest BCUT2D eigenvalue weighted by Gasteiger charge is 2.14. The lowest BCUT2D eigenvalue weighted by atomic mass is 10.3. The highest BCUT2D eigenvalue weighted by Crippen LogP contribution is 2.15. The van der Waals surface area contributed by atoms with Crippen LogP contribution in [0.3, 0.4) is 0 Å². The first-order valence-electron chi connectivity index (χ1n) is 6.89. The molecular weight excluding hydrogens is 303 g/mol. The Morgan fingerprint density at radius 3 is 2.78 bits per heavy atom. The lowest BCUT2D eigenvalue weighted by Gasteiger charge is -2.09. The van der Waals surface area contributed by atoms with E-state index in [1.54, 1.807) is 0 Å². The van der Waals surface area contributed by atoms with Crippen LogP contribution in [-0.4, -0.2) is 53.0 Å². The van der Waals surface area contributed by atoms with Gasteiger partial charge in [0, 0.05) is 12.8 Å². The zero-order valence-electron chi connectivity index (χ0n) is 12.8. The van der Waals surface area contributed by atoms with Gasteiger partial charge in [0.1, 0.15) is 11.4 Å². The minimum Gasteiger partial charge on any atom is -0.493 e. The maximum absolute atomic E-state index is 13.3. The molecule has 7 nitrogen and oxygen atoms in total. The Hall–Kier alpha value is -2.74. The number of aromatic amines is 1. The van der Waals surface area contributed by atoms with E-state index in [9.17, 15) is 19.1 Å². The van der Waals surface area contributed by atoms with E-state index in [-0.39, 0.29) is 11.3 Å². The van der Waals surface area contributed by atoms with E-state index < -0.39 is 22.9 Å². The molecule has 0 saturated heterocycles. The number of halogens is 1. The van der Waals surface area contributed by atoms with Crippen LogP contribution in [0.25, 0.3) is 5.69 Å². The summed E-state index contributed by atoms with van der Waals surface area (Å²) < 4.78 is 14.1. The number of H-pyrrole nitrogens is 1. The normalized spacial score (nSPS) is 11.5. The molecule has 0 unspecified atom stereocenters. The van der Waals surface area contributed by atoms with Crippen LogP contribution in [-0.2, 0) is 0 Å². The highest BCUT2D eigenvalue weighted by atomic mass is 19.1. The van der Waals surface area contributed by atoms with E-state index in [0.29, 0.717) is 13.1 Å². The molecule has 2 N–H and O–H groups in total. The average Bonchev–Trinajstić information content (AvgIpc) is 2.45. The number of rotatable bonds is 5. The number of nitrogens with one attached hydrogen (secondary N) is 1. The van der Waals surface area contributed by atoms with Crippen molar-refractivity contribution in [1.82, 2.24) is 14.5 Å². The average molecular weight is 320 g/mol. The number of hydrogen-bond acceptors (Lipinski definition) is 5. The Bertz CT molecular complexity index is 839. The van der Waals surface area contributed by atoms with Gasteiger partial charge in [-0.05, 0) is 32.3 Å². The zero-order valence-corrected chi connectivity index (χ0v) is 12.8. The van der Waals surface area contributed by atoms with Gasteiger partial charge in [0.25, 0.3) is 5.56 Å². The number of aliphatic imine (C=N–C) groups is 1. The second kappa shape index (κ2) is 7.01. The fraction of sp³-hybridized carbons (Fsp3) is 0.267. The van der Waals surface area contributed by atoms with Crippen molar-refractivity contribution in [1.29, 1.82) is 0 Å². The molecule has 122 valence electrons. The van der Waals surface area contributed by atoms with E-state index in [2.05, 4.69) is 9.98 Å². The number of benzene rings is 1. The van der Waals surface area contributed by atoms with Crippen LogP contribution in [0, 0.1) is 5.82 Å². The van der Waals surface area contributed by atoms with Gasteiger partial charge in [-0.1, -0.05) is 6.07 Å². The fourth-order valence-corrected chi connectivity index (χ4v) is 1.92. The summed E-state index contributed by atoms with van der Waals surface area (Å²) in [5, 5.41) is 10.2. The predicted molar refractivity (Wildman–Crippen MR) is 85.3 cm³/mol.